The molecule has 1 aliphatic rings. The normalized spacial score (nSPS) is 23.3. The van der Waals surface area contributed by atoms with Crippen molar-refractivity contribution in [2.45, 2.75) is 61.9 Å². The first-order chi connectivity index (χ1) is 14.4. The summed E-state index contributed by atoms with van der Waals surface area (Å²) in [6, 6.07) is 14.4. The van der Waals surface area contributed by atoms with Gasteiger partial charge in [0.1, 0.15) is 12.2 Å². The first-order valence-electron chi connectivity index (χ1n) is 10.2. The zero-order valence-corrected chi connectivity index (χ0v) is 18.9. The van der Waals surface area contributed by atoms with Crippen LogP contribution >= 0.6 is 11.8 Å². The molecule has 3 rings (SSSR count). The molecule has 1 aliphatic heterocycles. The minimum absolute atomic E-state index is 0. The summed E-state index contributed by atoms with van der Waals surface area (Å²) in [7, 11) is 0. The monoisotopic (exact) mass is 445 g/mol. The SMILES string of the molecule is CSc1cc(C#N)c(Cc2ccc(C(C)C)cc2)cc1[C@@H]1O[C@H](CO)C[C@H](O)[C@H]1O.O. The maximum Gasteiger partial charge on any atom is 0.112 e. The minimum atomic E-state index is -1.09. The van der Waals surface area contributed by atoms with E-state index in [0.717, 1.165) is 21.6 Å². The van der Waals surface area contributed by atoms with Gasteiger partial charge in [0, 0.05) is 11.3 Å². The third-order valence-corrected chi connectivity index (χ3v) is 6.47. The summed E-state index contributed by atoms with van der Waals surface area (Å²) in [5.74, 6) is 0.456. The highest BCUT2D eigenvalue weighted by atomic mass is 32.2. The number of aliphatic hydroxyl groups excluding tert-OH is 3. The number of thioether (sulfide) groups is 1. The topological polar surface area (TPSA) is 125 Å². The largest absolute Gasteiger partial charge is 0.412 e. The summed E-state index contributed by atoms with van der Waals surface area (Å²) in [6.45, 7) is 4.08. The molecule has 0 radical (unpaired) electrons. The Morgan fingerprint density at radius 2 is 1.87 bits per heavy atom. The standard InChI is InChI=1S/C24H29NO4S.H2O/c1-14(2)16-6-4-15(5-7-16)8-17-9-20(22(30-3)10-18(17)12-25)24-23(28)21(27)11-19(13-26)29-24;/h4-7,9-10,14,19,21,23-24,26-28H,8,11,13H2,1-3H3;1H2/t19-,21-,23+,24-;/m0./s1. The van der Waals surface area contributed by atoms with E-state index in [2.05, 4.69) is 44.2 Å². The fourth-order valence-corrected chi connectivity index (χ4v) is 4.51. The highest BCUT2D eigenvalue weighted by Gasteiger charge is 2.38. The number of hydrogen-bond donors (Lipinski definition) is 3. The van der Waals surface area contributed by atoms with E-state index in [1.165, 1.54) is 17.3 Å². The quantitative estimate of drug-likeness (QED) is 0.587. The van der Waals surface area contributed by atoms with Gasteiger partial charge in [0.15, 0.2) is 0 Å². The van der Waals surface area contributed by atoms with Crippen molar-refractivity contribution in [1.29, 1.82) is 5.26 Å². The zero-order valence-electron chi connectivity index (χ0n) is 18.1. The molecule has 31 heavy (non-hydrogen) atoms. The van der Waals surface area contributed by atoms with Crippen molar-refractivity contribution in [2.24, 2.45) is 0 Å². The Labute approximate surface area is 187 Å². The molecular weight excluding hydrogens is 414 g/mol. The molecule has 0 saturated carbocycles. The van der Waals surface area contributed by atoms with Crippen LogP contribution in [0.3, 0.4) is 0 Å². The fraction of sp³-hybridized carbons (Fsp3) is 0.458. The van der Waals surface area contributed by atoms with Crippen LogP contribution in [0.2, 0.25) is 0 Å². The summed E-state index contributed by atoms with van der Waals surface area (Å²) in [4.78, 5) is 0.820. The van der Waals surface area contributed by atoms with Gasteiger partial charge in [0.25, 0.3) is 0 Å². The van der Waals surface area contributed by atoms with Crippen LogP contribution in [0, 0.1) is 11.3 Å². The summed E-state index contributed by atoms with van der Waals surface area (Å²) in [5.41, 5.74) is 4.53. The Kier molecular flexibility index (Phi) is 9.07. The summed E-state index contributed by atoms with van der Waals surface area (Å²) < 4.78 is 5.91. The molecule has 0 bridgehead atoms. The highest BCUT2D eigenvalue weighted by Crippen LogP contribution is 2.38. The van der Waals surface area contributed by atoms with Crippen LogP contribution in [0.4, 0.5) is 0 Å². The minimum Gasteiger partial charge on any atom is -0.412 e. The van der Waals surface area contributed by atoms with E-state index in [1.807, 2.05) is 18.4 Å². The van der Waals surface area contributed by atoms with Gasteiger partial charge in [-0.2, -0.15) is 5.26 Å². The van der Waals surface area contributed by atoms with E-state index in [0.29, 0.717) is 17.9 Å². The lowest BCUT2D eigenvalue weighted by molar-refractivity contribution is -0.180. The van der Waals surface area contributed by atoms with E-state index in [1.54, 1.807) is 0 Å². The maximum atomic E-state index is 10.6. The predicted molar refractivity (Wildman–Crippen MR) is 121 cm³/mol. The molecule has 1 heterocycles. The molecule has 2 aromatic carbocycles. The Balaban J connectivity index is 0.00000341. The van der Waals surface area contributed by atoms with E-state index in [-0.39, 0.29) is 18.5 Å². The Morgan fingerprint density at radius 1 is 1.19 bits per heavy atom. The summed E-state index contributed by atoms with van der Waals surface area (Å²) in [6.07, 6.45) is -0.692. The van der Waals surface area contributed by atoms with Crippen molar-refractivity contribution in [2.75, 3.05) is 12.9 Å². The van der Waals surface area contributed by atoms with Crippen molar-refractivity contribution >= 4 is 11.8 Å². The van der Waals surface area contributed by atoms with Crippen molar-refractivity contribution in [1.82, 2.24) is 0 Å². The number of aliphatic hydroxyl groups is 3. The van der Waals surface area contributed by atoms with E-state index >= 15 is 0 Å². The van der Waals surface area contributed by atoms with Crippen LogP contribution in [0.5, 0.6) is 0 Å². The van der Waals surface area contributed by atoms with Crippen molar-refractivity contribution in [3.05, 3.63) is 64.2 Å². The van der Waals surface area contributed by atoms with E-state index in [9.17, 15) is 20.6 Å². The summed E-state index contributed by atoms with van der Waals surface area (Å²) in [5, 5.41) is 40.0. The smallest absolute Gasteiger partial charge is 0.112 e. The molecule has 0 amide bonds. The van der Waals surface area contributed by atoms with Gasteiger partial charge in [-0.3, -0.25) is 0 Å². The van der Waals surface area contributed by atoms with Gasteiger partial charge < -0.3 is 25.5 Å². The first kappa shape index (κ1) is 25.3. The number of nitriles is 1. The lowest BCUT2D eigenvalue weighted by atomic mass is 9.90. The first-order valence-corrected chi connectivity index (χ1v) is 11.4. The fourth-order valence-electron chi connectivity index (χ4n) is 3.86. The second kappa shape index (κ2) is 11.1. The third kappa shape index (κ3) is 5.66. The molecule has 6 nitrogen and oxygen atoms in total. The van der Waals surface area contributed by atoms with Gasteiger partial charge in [-0.1, -0.05) is 44.2 Å². The van der Waals surface area contributed by atoms with Crippen LogP contribution in [0.15, 0.2) is 41.3 Å². The second-order valence-electron chi connectivity index (χ2n) is 8.09. The average molecular weight is 446 g/mol. The molecular formula is C24H31NO5S. The number of nitrogens with zero attached hydrogens (tertiary/aromatic N) is 1. The second-order valence-corrected chi connectivity index (χ2v) is 8.94. The average Bonchev–Trinajstić information content (AvgIpc) is 2.75. The highest BCUT2D eigenvalue weighted by molar-refractivity contribution is 7.98. The molecule has 1 fully saturated rings. The maximum absolute atomic E-state index is 10.6. The molecule has 0 unspecified atom stereocenters. The lowest BCUT2D eigenvalue weighted by Gasteiger charge is -2.37. The number of rotatable bonds is 6. The van der Waals surface area contributed by atoms with Crippen molar-refractivity contribution in [3.8, 4) is 6.07 Å². The van der Waals surface area contributed by atoms with Crippen LogP contribution in [-0.4, -0.2) is 52.0 Å². The molecule has 0 aromatic heterocycles. The number of hydrogen-bond acceptors (Lipinski definition) is 6. The number of ether oxygens (including phenoxy) is 1. The molecule has 2 aromatic rings. The van der Waals surface area contributed by atoms with Gasteiger partial charge >= 0.3 is 0 Å². The molecule has 0 spiro atoms. The molecule has 0 aliphatic carbocycles. The third-order valence-electron chi connectivity index (χ3n) is 5.67. The zero-order chi connectivity index (χ0) is 21.8. The molecule has 4 atom stereocenters. The number of benzene rings is 2. The Morgan fingerprint density at radius 3 is 2.42 bits per heavy atom. The Hall–Kier alpha value is -1.92. The molecule has 1 saturated heterocycles. The van der Waals surface area contributed by atoms with Crippen LogP contribution in [0.1, 0.15) is 60.1 Å². The molecule has 5 N–H and O–H groups in total. The van der Waals surface area contributed by atoms with Gasteiger partial charge in [0.2, 0.25) is 0 Å². The summed E-state index contributed by atoms with van der Waals surface area (Å²) >= 11 is 1.46. The van der Waals surface area contributed by atoms with Crippen molar-refractivity contribution in [3.63, 3.8) is 0 Å². The van der Waals surface area contributed by atoms with E-state index in [4.69, 9.17) is 4.74 Å². The molecule has 7 heteroatoms. The van der Waals surface area contributed by atoms with Gasteiger partial charge in [-0.15, -0.1) is 11.8 Å². The van der Waals surface area contributed by atoms with E-state index < -0.39 is 24.4 Å². The van der Waals surface area contributed by atoms with Gasteiger partial charge in [-0.05, 0) is 46.9 Å². The van der Waals surface area contributed by atoms with Crippen LogP contribution < -0.4 is 0 Å². The molecule has 168 valence electrons. The van der Waals surface area contributed by atoms with Crippen LogP contribution in [-0.2, 0) is 11.2 Å². The van der Waals surface area contributed by atoms with Gasteiger partial charge in [0.05, 0.1) is 30.4 Å². The van der Waals surface area contributed by atoms with Crippen molar-refractivity contribution < 1.29 is 25.5 Å². The lowest BCUT2D eigenvalue weighted by Crippen LogP contribution is -2.44. The predicted octanol–water partition coefficient (Wildman–Crippen LogP) is 2.71. The van der Waals surface area contributed by atoms with Gasteiger partial charge in [-0.25, -0.2) is 0 Å². The Bertz CT molecular complexity index is 909. The van der Waals surface area contributed by atoms with Crippen LogP contribution in [0.25, 0.3) is 0 Å².